The second-order valence-electron chi connectivity index (χ2n) is 3.62. The molecule has 1 unspecified atom stereocenters. The average molecular weight is 233 g/mol. The number of hydrogen-bond donors (Lipinski definition) is 1. The Morgan fingerprint density at radius 3 is 2.80 bits per heavy atom. The fourth-order valence-corrected chi connectivity index (χ4v) is 2.69. The highest BCUT2D eigenvalue weighted by molar-refractivity contribution is 7.87. The Morgan fingerprint density at radius 1 is 1.60 bits per heavy atom. The fourth-order valence-electron chi connectivity index (χ4n) is 1.29. The minimum Gasteiger partial charge on any atom is -0.361 e. The van der Waals surface area contributed by atoms with Crippen LogP contribution in [0.25, 0.3) is 0 Å². The summed E-state index contributed by atoms with van der Waals surface area (Å²) in [5.41, 5.74) is 0. The van der Waals surface area contributed by atoms with Crippen LogP contribution in [0.15, 0.2) is 0 Å². The lowest BCUT2D eigenvalue weighted by Gasteiger charge is -2.29. The Kier molecular flexibility index (Phi) is 4.04. The first-order chi connectivity index (χ1) is 6.95. The standard InChI is InChI=1S/C8H15N3O3S/c1-7(2)10-15(12,13)11-3-4-14-8(5-9)6-11/h7-8,10H,3-4,6H2,1-2H3. The number of hydrogen-bond acceptors (Lipinski definition) is 4. The normalized spacial score (nSPS) is 24.0. The van der Waals surface area contributed by atoms with E-state index in [0.717, 1.165) is 0 Å². The van der Waals surface area contributed by atoms with Gasteiger partial charge in [-0.25, -0.2) is 0 Å². The van der Waals surface area contributed by atoms with E-state index >= 15 is 0 Å². The highest BCUT2D eigenvalue weighted by Gasteiger charge is 2.29. The molecule has 1 aliphatic rings. The number of rotatable bonds is 3. The molecule has 0 aromatic rings. The molecule has 6 nitrogen and oxygen atoms in total. The van der Waals surface area contributed by atoms with Gasteiger partial charge in [0.2, 0.25) is 0 Å². The van der Waals surface area contributed by atoms with Gasteiger partial charge in [-0.15, -0.1) is 0 Å². The Labute approximate surface area is 90.0 Å². The van der Waals surface area contributed by atoms with E-state index in [2.05, 4.69) is 4.72 Å². The Bertz CT molecular complexity index is 347. The van der Waals surface area contributed by atoms with Gasteiger partial charge in [-0.3, -0.25) is 0 Å². The fraction of sp³-hybridized carbons (Fsp3) is 0.875. The van der Waals surface area contributed by atoms with E-state index < -0.39 is 16.3 Å². The summed E-state index contributed by atoms with van der Waals surface area (Å²) in [5, 5.41) is 8.64. The van der Waals surface area contributed by atoms with Gasteiger partial charge in [-0.05, 0) is 13.8 Å². The van der Waals surface area contributed by atoms with Crippen molar-refractivity contribution in [1.82, 2.24) is 9.03 Å². The lowest BCUT2D eigenvalue weighted by molar-refractivity contribution is 0.0306. The van der Waals surface area contributed by atoms with Crippen molar-refractivity contribution >= 4 is 10.2 Å². The minimum atomic E-state index is -3.47. The lowest BCUT2D eigenvalue weighted by atomic mass is 10.3. The Hall–Kier alpha value is -0.680. The third-order valence-electron chi connectivity index (χ3n) is 1.90. The van der Waals surface area contributed by atoms with E-state index in [1.54, 1.807) is 13.8 Å². The molecule has 0 aliphatic carbocycles. The molecular formula is C8H15N3O3S. The highest BCUT2D eigenvalue weighted by atomic mass is 32.2. The highest BCUT2D eigenvalue weighted by Crippen LogP contribution is 2.08. The van der Waals surface area contributed by atoms with Gasteiger partial charge in [0.25, 0.3) is 10.2 Å². The summed E-state index contributed by atoms with van der Waals surface area (Å²) in [6.45, 7) is 4.15. The van der Waals surface area contributed by atoms with Crippen molar-refractivity contribution in [3.05, 3.63) is 0 Å². The lowest BCUT2D eigenvalue weighted by Crippen LogP contribution is -2.50. The molecule has 1 fully saturated rings. The van der Waals surface area contributed by atoms with E-state index in [-0.39, 0.29) is 19.2 Å². The molecule has 1 saturated heterocycles. The van der Waals surface area contributed by atoms with Gasteiger partial charge in [-0.2, -0.15) is 22.7 Å². The monoisotopic (exact) mass is 233 g/mol. The SMILES string of the molecule is CC(C)NS(=O)(=O)N1CCOC(C#N)C1. The molecule has 0 spiro atoms. The van der Waals surface area contributed by atoms with Gasteiger partial charge in [0.05, 0.1) is 19.2 Å². The summed E-state index contributed by atoms with van der Waals surface area (Å²) in [4.78, 5) is 0. The molecule has 0 amide bonds. The molecule has 0 aromatic carbocycles. The van der Waals surface area contributed by atoms with Crippen LogP contribution in [0, 0.1) is 11.3 Å². The van der Waals surface area contributed by atoms with Crippen LogP contribution < -0.4 is 4.72 Å². The van der Waals surface area contributed by atoms with Crippen LogP contribution in [0.4, 0.5) is 0 Å². The van der Waals surface area contributed by atoms with E-state index in [0.29, 0.717) is 6.54 Å². The zero-order valence-corrected chi connectivity index (χ0v) is 9.62. The molecule has 0 aromatic heterocycles. The van der Waals surface area contributed by atoms with Crippen LogP contribution in [0.5, 0.6) is 0 Å². The molecule has 86 valence electrons. The molecule has 1 aliphatic heterocycles. The third-order valence-corrected chi connectivity index (χ3v) is 3.68. The smallest absolute Gasteiger partial charge is 0.279 e. The van der Waals surface area contributed by atoms with Crippen LogP contribution in [0.2, 0.25) is 0 Å². The van der Waals surface area contributed by atoms with Gasteiger partial charge in [0.15, 0.2) is 6.10 Å². The predicted octanol–water partition coefficient (Wildman–Crippen LogP) is -0.546. The summed E-state index contributed by atoms with van der Waals surface area (Å²) in [5.74, 6) is 0. The van der Waals surface area contributed by atoms with Crippen LogP contribution in [0.1, 0.15) is 13.8 Å². The van der Waals surface area contributed by atoms with Crippen molar-refractivity contribution in [2.24, 2.45) is 0 Å². The molecule has 0 radical (unpaired) electrons. The molecular weight excluding hydrogens is 218 g/mol. The number of ether oxygens (including phenoxy) is 1. The number of nitrogens with zero attached hydrogens (tertiary/aromatic N) is 2. The topological polar surface area (TPSA) is 82.4 Å². The Balaban J connectivity index is 2.67. The maximum absolute atomic E-state index is 11.7. The van der Waals surface area contributed by atoms with E-state index in [4.69, 9.17) is 10.00 Å². The van der Waals surface area contributed by atoms with Gasteiger partial charge in [0, 0.05) is 12.6 Å². The zero-order valence-electron chi connectivity index (χ0n) is 8.80. The first-order valence-electron chi connectivity index (χ1n) is 4.74. The van der Waals surface area contributed by atoms with Crippen LogP contribution >= 0.6 is 0 Å². The third kappa shape index (κ3) is 3.43. The first-order valence-corrected chi connectivity index (χ1v) is 6.18. The minimum absolute atomic E-state index is 0.0958. The van der Waals surface area contributed by atoms with Crippen LogP contribution in [0.3, 0.4) is 0 Å². The molecule has 1 atom stereocenters. The van der Waals surface area contributed by atoms with Crippen molar-refractivity contribution in [2.75, 3.05) is 19.7 Å². The van der Waals surface area contributed by atoms with E-state index in [1.165, 1.54) is 4.31 Å². The molecule has 1 rings (SSSR count). The van der Waals surface area contributed by atoms with Crippen LogP contribution in [-0.2, 0) is 14.9 Å². The first kappa shape index (κ1) is 12.4. The Morgan fingerprint density at radius 2 is 2.27 bits per heavy atom. The molecule has 0 saturated carbocycles. The maximum atomic E-state index is 11.7. The summed E-state index contributed by atoms with van der Waals surface area (Å²) < 4.78 is 32.2. The average Bonchev–Trinajstić information content (AvgIpc) is 2.16. The van der Waals surface area contributed by atoms with Crippen molar-refractivity contribution < 1.29 is 13.2 Å². The van der Waals surface area contributed by atoms with Crippen molar-refractivity contribution in [2.45, 2.75) is 26.0 Å². The van der Waals surface area contributed by atoms with Crippen LogP contribution in [-0.4, -0.2) is 44.6 Å². The summed E-state index contributed by atoms with van der Waals surface area (Å²) >= 11 is 0. The van der Waals surface area contributed by atoms with Gasteiger partial charge in [0.1, 0.15) is 0 Å². The summed E-state index contributed by atoms with van der Waals surface area (Å²) in [6.07, 6.45) is -0.664. The molecule has 7 heteroatoms. The van der Waals surface area contributed by atoms with Crippen molar-refractivity contribution in [3.8, 4) is 6.07 Å². The molecule has 1 heterocycles. The second kappa shape index (κ2) is 4.90. The quantitative estimate of drug-likeness (QED) is 0.709. The molecule has 0 bridgehead atoms. The zero-order chi connectivity index (χ0) is 11.5. The molecule has 1 N–H and O–H groups in total. The maximum Gasteiger partial charge on any atom is 0.279 e. The van der Waals surface area contributed by atoms with Crippen molar-refractivity contribution in [3.63, 3.8) is 0 Å². The number of morpholine rings is 1. The molecule has 15 heavy (non-hydrogen) atoms. The summed E-state index contributed by atoms with van der Waals surface area (Å²) in [6, 6.07) is 1.75. The predicted molar refractivity (Wildman–Crippen MR) is 54.1 cm³/mol. The van der Waals surface area contributed by atoms with Gasteiger partial charge < -0.3 is 4.74 Å². The van der Waals surface area contributed by atoms with Gasteiger partial charge >= 0.3 is 0 Å². The number of nitrogens with one attached hydrogen (secondary N) is 1. The van der Waals surface area contributed by atoms with E-state index in [1.807, 2.05) is 6.07 Å². The largest absolute Gasteiger partial charge is 0.361 e. The van der Waals surface area contributed by atoms with Gasteiger partial charge in [-0.1, -0.05) is 0 Å². The van der Waals surface area contributed by atoms with E-state index in [9.17, 15) is 8.42 Å². The van der Waals surface area contributed by atoms with Crippen molar-refractivity contribution in [1.29, 1.82) is 5.26 Å². The summed E-state index contributed by atoms with van der Waals surface area (Å²) in [7, 11) is -3.47. The second-order valence-corrected chi connectivity index (χ2v) is 5.33. The number of nitriles is 1.